The van der Waals surface area contributed by atoms with Gasteiger partial charge in [-0.2, -0.15) is 4.31 Å². The van der Waals surface area contributed by atoms with E-state index in [1.54, 1.807) is 34.8 Å². The molecular formula is C19H18ClN3O2S. The first-order valence-electron chi connectivity index (χ1n) is 8.41. The molecule has 4 rings (SSSR count). The summed E-state index contributed by atoms with van der Waals surface area (Å²) in [6, 6.07) is 16.5. The van der Waals surface area contributed by atoms with Crippen molar-refractivity contribution in [3.63, 3.8) is 0 Å². The zero-order chi connectivity index (χ0) is 18.1. The molecule has 2 heterocycles. The molecule has 1 aliphatic rings. The maximum atomic E-state index is 13.2. The molecule has 0 saturated carbocycles. The molecule has 0 atom stereocenters. The third-order valence-corrected chi connectivity index (χ3v) is 6.90. The fourth-order valence-electron chi connectivity index (χ4n) is 3.31. The lowest BCUT2D eigenvalue weighted by Gasteiger charge is -2.35. The Bertz CT molecular complexity index is 1040. The van der Waals surface area contributed by atoms with Crippen molar-refractivity contribution in [3.05, 3.63) is 65.8 Å². The van der Waals surface area contributed by atoms with Crippen LogP contribution in [-0.4, -0.2) is 43.9 Å². The van der Waals surface area contributed by atoms with Crippen LogP contribution in [0, 0.1) is 0 Å². The second-order valence-electron chi connectivity index (χ2n) is 6.18. The minimum Gasteiger partial charge on any atom is -0.353 e. The average Bonchev–Trinajstić information content (AvgIpc) is 2.68. The highest BCUT2D eigenvalue weighted by atomic mass is 35.5. The van der Waals surface area contributed by atoms with Gasteiger partial charge in [0.2, 0.25) is 10.0 Å². The first-order valence-corrected chi connectivity index (χ1v) is 10.2. The van der Waals surface area contributed by atoms with Crippen molar-refractivity contribution < 1.29 is 8.42 Å². The van der Waals surface area contributed by atoms with E-state index in [4.69, 9.17) is 11.6 Å². The largest absolute Gasteiger partial charge is 0.353 e. The second kappa shape index (κ2) is 6.87. The molecule has 0 bridgehead atoms. The fourth-order valence-corrected chi connectivity index (χ4v) is 5.19. The van der Waals surface area contributed by atoms with Crippen LogP contribution < -0.4 is 4.90 Å². The van der Waals surface area contributed by atoms with Crippen LogP contribution in [0.2, 0.25) is 5.02 Å². The van der Waals surface area contributed by atoms with Gasteiger partial charge in [-0.25, -0.2) is 13.4 Å². The van der Waals surface area contributed by atoms with Crippen molar-refractivity contribution in [2.45, 2.75) is 4.90 Å². The Hall–Kier alpha value is -2.15. The van der Waals surface area contributed by atoms with Gasteiger partial charge >= 0.3 is 0 Å². The van der Waals surface area contributed by atoms with Gasteiger partial charge in [-0.1, -0.05) is 48.0 Å². The van der Waals surface area contributed by atoms with Gasteiger partial charge in [0.25, 0.3) is 0 Å². The highest BCUT2D eigenvalue weighted by Crippen LogP contribution is 2.28. The van der Waals surface area contributed by atoms with Crippen molar-refractivity contribution in [1.82, 2.24) is 9.29 Å². The molecule has 7 heteroatoms. The van der Waals surface area contributed by atoms with Crippen LogP contribution in [0.5, 0.6) is 0 Å². The van der Waals surface area contributed by atoms with Gasteiger partial charge in [0.15, 0.2) is 0 Å². The number of fused-ring (bicyclic) bond motifs is 1. The van der Waals surface area contributed by atoms with Crippen LogP contribution in [0.4, 0.5) is 5.82 Å². The summed E-state index contributed by atoms with van der Waals surface area (Å²) in [5.74, 6) is 0.705. The van der Waals surface area contributed by atoms with Gasteiger partial charge in [-0.3, -0.25) is 0 Å². The number of rotatable bonds is 3. The summed E-state index contributed by atoms with van der Waals surface area (Å²) < 4.78 is 27.9. The van der Waals surface area contributed by atoms with E-state index in [2.05, 4.69) is 4.98 Å². The van der Waals surface area contributed by atoms with Crippen LogP contribution in [-0.2, 0) is 10.0 Å². The minimum absolute atomic E-state index is 0.361. The molecule has 5 nitrogen and oxygen atoms in total. The molecule has 1 aromatic heterocycles. The number of aromatic nitrogens is 1. The lowest BCUT2D eigenvalue weighted by atomic mass is 10.1. The zero-order valence-corrected chi connectivity index (χ0v) is 15.6. The Morgan fingerprint density at radius 1 is 0.885 bits per heavy atom. The number of hydrogen-bond acceptors (Lipinski definition) is 4. The lowest BCUT2D eigenvalue weighted by molar-refractivity contribution is 0.384. The van der Waals surface area contributed by atoms with Gasteiger partial charge in [0.1, 0.15) is 5.82 Å². The summed E-state index contributed by atoms with van der Waals surface area (Å²) in [5, 5.41) is 2.26. The van der Waals surface area contributed by atoms with Crippen molar-refractivity contribution in [3.8, 4) is 0 Å². The van der Waals surface area contributed by atoms with Crippen molar-refractivity contribution in [1.29, 1.82) is 0 Å². The smallest absolute Gasteiger partial charge is 0.243 e. The third kappa shape index (κ3) is 3.05. The third-order valence-electron chi connectivity index (χ3n) is 4.64. The molecule has 0 aliphatic carbocycles. The Balaban J connectivity index is 1.60. The molecule has 1 fully saturated rings. The SMILES string of the molecule is O=S(=O)(c1cccc2ccccc12)N1CCN(c2ncccc2Cl)CC1. The monoisotopic (exact) mass is 387 g/mol. The van der Waals surface area contributed by atoms with E-state index in [9.17, 15) is 8.42 Å². The zero-order valence-electron chi connectivity index (χ0n) is 14.0. The molecular weight excluding hydrogens is 370 g/mol. The molecule has 1 saturated heterocycles. The molecule has 0 spiro atoms. The topological polar surface area (TPSA) is 53.5 Å². The normalized spacial score (nSPS) is 16.1. The standard InChI is InChI=1S/C19H18ClN3O2S/c20-17-8-4-10-21-19(17)22-11-13-23(14-12-22)26(24,25)18-9-3-6-15-5-1-2-7-16(15)18/h1-10H,11-14H2. The maximum Gasteiger partial charge on any atom is 0.243 e. The van der Waals surface area contributed by atoms with E-state index < -0.39 is 10.0 Å². The Labute approximate surface area is 157 Å². The van der Waals surface area contributed by atoms with Gasteiger partial charge in [0, 0.05) is 37.8 Å². The van der Waals surface area contributed by atoms with E-state index in [-0.39, 0.29) is 0 Å². The van der Waals surface area contributed by atoms with Crippen LogP contribution in [0.25, 0.3) is 10.8 Å². The summed E-state index contributed by atoms with van der Waals surface area (Å²) in [5.41, 5.74) is 0. The van der Waals surface area contributed by atoms with Crippen LogP contribution in [0.15, 0.2) is 65.7 Å². The number of nitrogens with zero attached hydrogens (tertiary/aromatic N) is 3. The number of sulfonamides is 1. The minimum atomic E-state index is -3.55. The maximum absolute atomic E-state index is 13.2. The molecule has 2 aromatic carbocycles. The quantitative estimate of drug-likeness (QED) is 0.691. The Morgan fingerprint density at radius 2 is 1.62 bits per heavy atom. The summed E-state index contributed by atoms with van der Waals surface area (Å²) in [6.45, 7) is 1.92. The molecule has 134 valence electrons. The van der Waals surface area contributed by atoms with E-state index in [0.717, 1.165) is 10.8 Å². The molecule has 0 unspecified atom stereocenters. The molecule has 0 amide bonds. The second-order valence-corrected chi connectivity index (χ2v) is 8.49. The van der Waals surface area contributed by atoms with Crippen molar-refractivity contribution in [2.24, 2.45) is 0 Å². The average molecular weight is 388 g/mol. The van der Waals surface area contributed by atoms with Gasteiger partial charge in [-0.15, -0.1) is 0 Å². The van der Waals surface area contributed by atoms with E-state index in [1.807, 2.05) is 35.2 Å². The summed E-state index contributed by atoms with van der Waals surface area (Å²) in [7, 11) is -3.55. The number of pyridine rings is 1. The Morgan fingerprint density at radius 3 is 2.38 bits per heavy atom. The van der Waals surface area contributed by atoms with E-state index in [1.165, 1.54) is 0 Å². The van der Waals surface area contributed by atoms with Crippen LogP contribution in [0.1, 0.15) is 0 Å². The molecule has 26 heavy (non-hydrogen) atoms. The van der Waals surface area contributed by atoms with E-state index >= 15 is 0 Å². The number of hydrogen-bond donors (Lipinski definition) is 0. The van der Waals surface area contributed by atoms with Crippen molar-refractivity contribution >= 4 is 38.2 Å². The molecule has 0 radical (unpaired) electrons. The van der Waals surface area contributed by atoms with Crippen LogP contribution in [0.3, 0.4) is 0 Å². The highest BCUT2D eigenvalue weighted by molar-refractivity contribution is 7.89. The summed E-state index contributed by atoms with van der Waals surface area (Å²) in [6.07, 6.45) is 1.69. The number of halogens is 1. The molecule has 1 aliphatic heterocycles. The summed E-state index contributed by atoms with van der Waals surface area (Å²) in [4.78, 5) is 6.70. The van der Waals surface area contributed by atoms with Crippen molar-refractivity contribution in [2.75, 3.05) is 31.1 Å². The number of anilines is 1. The number of piperazine rings is 1. The van der Waals surface area contributed by atoms with Gasteiger partial charge in [-0.05, 0) is 23.6 Å². The number of benzene rings is 2. The first kappa shape index (κ1) is 17.3. The van der Waals surface area contributed by atoms with E-state index in [0.29, 0.717) is 41.9 Å². The van der Waals surface area contributed by atoms with Gasteiger partial charge in [0.05, 0.1) is 9.92 Å². The molecule has 3 aromatic rings. The molecule has 0 N–H and O–H groups in total. The highest BCUT2D eigenvalue weighted by Gasteiger charge is 2.30. The Kier molecular flexibility index (Phi) is 4.56. The van der Waals surface area contributed by atoms with Crippen LogP contribution >= 0.6 is 11.6 Å². The lowest BCUT2D eigenvalue weighted by Crippen LogP contribution is -2.49. The van der Waals surface area contributed by atoms with Gasteiger partial charge < -0.3 is 4.90 Å². The predicted octanol–water partition coefficient (Wildman–Crippen LogP) is 3.40. The predicted molar refractivity (Wildman–Crippen MR) is 104 cm³/mol. The fraction of sp³-hybridized carbons (Fsp3) is 0.211. The summed E-state index contributed by atoms with van der Waals surface area (Å²) >= 11 is 6.21. The first-order chi connectivity index (χ1) is 12.6.